The summed E-state index contributed by atoms with van der Waals surface area (Å²) in [5.41, 5.74) is 2.70. The third-order valence-electron chi connectivity index (χ3n) is 2.12. The van der Waals surface area contributed by atoms with E-state index < -0.39 is 0 Å². The number of hydrogen-bond acceptors (Lipinski definition) is 1. The molecule has 1 rings (SSSR count). The van der Waals surface area contributed by atoms with E-state index in [1.54, 1.807) is 12.1 Å². The van der Waals surface area contributed by atoms with E-state index in [-0.39, 0.29) is 11.6 Å². The molecule has 0 N–H and O–H groups in total. The zero-order valence-electron chi connectivity index (χ0n) is 9.30. The van der Waals surface area contributed by atoms with Gasteiger partial charge in [0.05, 0.1) is 0 Å². The van der Waals surface area contributed by atoms with Gasteiger partial charge in [0.25, 0.3) is 0 Å². The fraction of sp³-hybridized carbons (Fsp3) is 0.308. The Labute approximate surface area is 89.6 Å². The molecular weight excluding hydrogens is 191 g/mol. The van der Waals surface area contributed by atoms with Gasteiger partial charge in [0.1, 0.15) is 5.82 Å². The van der Waals surface area contributed by atoms with E-state index in [9.17, 15) is 9.18 Å². The average Bonchev–Trinajstić information content (AvgIpc) is 2.08. The molecule has 0 fully saturated rings. The van der Waals surface area contributed by atoms with E-state index in [1.165, 1.54) is 12.1 Å². The summed E-state index contributed by atoms with van der Waals surface area (Å²) in [5.74, 6) is -0.198. The molecule has 0 bridgehead atoms. The molecule has 0 radical (unpaired) electrons. The lowest BCUT2D eigenvalue weighted by molar-refractivity contribution is -0.114. The van der Waals surface area contributed by atoms with Gasteiger partial charge >= 0.3 is 0 Å². The summed E-state index contributed by atoms with van der Waals surface area (Å²) in [6.45, 7) is 5.58. The van der Waals surface area contributed by atoms with Gasteiger partial charge in [-0.3, -0.25) is 4.79 Å². The molecule has 1 aromatic rings. The van der Waals surface area contributed by atoms with Crippen LogP contribution in [0.25, 0.3) is 0 Å². The van der Waals surface area contributed by atoms with Crippen molar-refractivity contribution in [3.8, 4) is 0 Å². The van der Waals surface area contributed by atoms with Crippen molar-refractivity contribution < 1.29 is 9.18 Å². The van der Waals surface area contributed by atoms with Gasteiger partial charge in [-0.15, -0.1) is 0 Å². The summed E-state index contributed by atoms with van der Waals surface area (Å²) in [6, 6.07) is 4.50. The quantitative estimate of drug-likeness (QED) is 0.694. The van der Waals surface area contributed by atoms with E-state index in [0.29, 0.717) is 6.42 Å². The summed E-state index contributed by atoms with van der Waals surface area (Å²) in [6.07, 6.45) is 1.96. The Morgan fingerprint density at radius 2 is 2.07 bits per heavy atom. The van der Waals surface area contributed by atoms with Crippen LogP contribution in [0.15, 0.2) is 29.8 Å². The Hall–Kier alpha value is -1.44. The molecule has 0 aromatic heterocycles. The number of hydrogen-bond donors (Lipinski definition) is 0. The van der Waals surface area contributed by atoms with E-state index in [2.05, 4.69) is 0 Å². The monoisotopic (exact) mass is 206 g/mol. The van der Waals surface area contributed by atoms with Crippen LogP contribution in [0.2, 0.25) is 0 Å². The van der Waals surface area contributed by atoms with Crippen molar-refractivity contribution in [1.29, 1.82) is 0 Å². The molecule has 0 saturated heterocycles. The highest BCUT2D eigenvalue weighted by Crippen LogP contribution is 2.11. The van der Waals surface area contributed by atoms with Crippen LogP contribution in [-0.2, 0) is 11.2 Å². The van der Waals surface area contributed by atoms with Crippen LogP contribution in [-0.4, -0.2) is 5.78 Å². The Balaban J connectivity index is 2.82. The van der Waals surface area contributed by atoms with Gasteiger partial charge in [0.15, 0.2) is 5.78 Å². The molecule has 15 heavy (non-hydrogen) atoms. The van der Waals surface area contributed by atoms with Crippen LogP contribution >= 0.6 is 0 Å². The first kappa shape index (κ1) is 11.6. The molecule has 0 atom stereocenters. The molecule has 0 aliphatic rings. The van der Waals surface area contributed by atoms with Crippen LogP contribution in [0.3, 0.4) is 0 Å². The highest BCUT2D eigenvalue weighted by Gasteiger charge is 2.04. The zero-order chi connectivity index (χ0) is 11.4. The lowest BCUT2D eigenvalue weighted by Gasteiger charge is -2.03. The Morgan fingerprint density at radius 3 is 2.60 bits per heavy atom. The fourth-order valence-corrected chi connectivity index (χ4v) is 1.42. The van der Waals surface area contributed by atoms with Gasteiger partial charge in [-0.25, -0.2) is 4.39 Å². The predicted octanol–water partition coefficient (Wildman–Crippen LogP) is 3.21. The van der Waals surface area contributed by atoms with E-state index in [1.807, 2.05) is 20.8 Å². The number of ketones is 1. The number of halogens is 1. The Bertz CT molecular complexity index is 401. The van der Waals surface area contributed by atoms with Crippen molar-refractivity contribution >= 4 is 5.78 Å². The minimum atomic E-state index is -0.258. The maximum absolute atomic E-state index is 12.8. The molecule has 80 valence electrons. The van der Waals surface area contributed by atoms with Crippen LogP contribution in [0.1, 0.15) is 25.0 Å². The standard InChI is InChI=1S/C13H15FO/c1-9(2)6-13(15)8-11-4-5-12(14)7-10(11)3/h4-7H,8H2,1-3H3. The van der Waals surface area contributed by atoms with Crippen LogP contribution in [0.4, 0.5) is 4.39 Å². The molecule has 0 amide bonds. The molecule has 0 saturated carbocycles. The van der Waals surface area contributed by atoms with Crippen molar-refractivity contribution in [3.05, 3.63) is 46.8 Å². The molecular formula is C13H15FO. The molecule has 0 aliphatic heterocycles. The second kappa shape index (κ2) is 4.87. The van der Waals surface area contributed by atoms with E-state index in [0.717, 1.165) is 16.7 Å². The van der Waals surface area contributed by atoms with Crippen LogP contribution in [0, 0.1) is 12.7 Å². The molecule has 0 spiro atoms. The third kappa shape index (κ3) is 3.66. The van der Waals surface area contributed by atoms with Crippen LogP contribution in [0.5, 0.6) is 0 Å². The maximum Gasteiger partial charge on any atom is 0.159 e. The number of allylic oxidation sites excluding steroid dienone is 2. The minimum Gasteiger partial charge on any atom is -0.294 e. The van der Waals surface area contributed by atoms with Crippen molar-refractivity contribution in [2.75, 3.05) is 0 Å². The Kier molecular flexibility index (Phi) is 3.78. The lowest BCUT2D eigenvalue weighted by Crippen LogP contribution is -2.01. The summed E-state index contributed by atoms with van der Waals surface area (Å²) in [4.78, 5) is 11.5. The largest absolute Gasteiger partial charge is 0.294 e. The normalized spacial score (nSPS) is 9.87. The zero-order valence-corrected chi connectivity index (χ0v) is 9.30. The second-order valence-electron chi connectivity index (χ2n) is 3.94. The van der Waals surface area contributed by atoms with Crippen molar-refractivity contribution in [2.45, 2.75) is 27.2 Å². The van der Waals surface area contributed by atoms with Crippen molar-refractivity contribution in [2.24, 2.45) is 0 Å². The summed E-state index contributed by atoms with van der Waals surface area (Å²) < 4.78 is 12.8. The first-order valence-corrected chi connectivity index (χ1v) is 4.92. The molecule has 0 heterocycles. The molecule has 0 unspecified atom stereocenters. The number of carbonyl (C=O) groups is 1. The number of rotatable bonds is 3. The van der Waals surface area contributed by atoms with Gasteiger partial charge in [-0.2, -0.15) is 0 Å². The van der Waals surface area contributed by atoms with E-state index in [4.69, 9.17) is 0 Å². The third-order valence-corrected chi connectivity index (χ3v) is 2.12. The molecule has 2 heteroatoms. The first-order chi connectivity index (χ1) is 6.99. The highest BCUT2D eigenvalue weighted by molar-refractivity contribution is 5.92. The molecule has 1 nitrogen and oxygen atoms in total. The lowest BCUT2D eigenvalue weighted by atomic mass is 10.0. The van der Waals surface area contributed by atoms with Gasteiger partial charge < -0.3 is 0 Å². The minimum absolute atomic E-state index is 0.0599. The predicted molar refractivity (Wildman–Crippen MR) is 59.3 cm³/mol. The number of aryl methyl sites for hydroxylation is 1. The molecule has 1 aromatic carbocycles. The summed E-state index contributed by atoms with van der Waals surface area (Å²) >= 11 is 0. The number of carbonyl (C=O) groups excluding carboxylic acids is 1. The van der Waals surface area contributed by atoms with Crippen molar-refractivity contribution in [1.82, 2.24) is 0 Å². The SMILES string of the molecule is CC(C)=CC(=O)Cc1ccc(F)cc1C. The smallest absolute Gasteiger partial charge is 0.159 e. The topological polar surface area (TPSA) is 17.1 Å². The van der Waals surface area contributed by atoms with Crippen molar-refractivity contribution in [3.63, 3.8) is 0 Å². The van der Waals surface area contributed by atoms with Gasteiger partial charge in [0.2, 0.25) is 0 Å². The van der Waals surface area contributed by atoms with Crippen LogP contribution < -0.4 is 0 Å². The maximum atomic E-state index is 12.8. The Morgan fingerprint density at radius 1 is 1.40 bits per heavy atom. The highest BCUT2D eigenvalue weighted by atomic mass is 19.1. The summed E-state index contributed by atoms with van der Waals surface area (Å²) in [5, 5.41) is 0. The molecule has 0 aliphatic carbocycles. The average molecular weight is 206 g/mol. The first-order valence-electron chi connectivity index (χ1n) is 4.92. The number of benzene rings is 1. The second-order valence-corrected chi connectivity index (χ2v) is 3.94. The fourth-order valence-electron chi connectivity index (χ4n) is 1.42. The van der Waals surface area contributed by atoms with Gasteiger partial charge in [-0.1, -0.05) is 11.6 Å². The van der Waals surface area contributed by atoms with Gasteiger partial charge in [0, 0.05) is 6.42 Å². The van der Waals surface area contributed by atoms with Gasteiger partial charge in [-0.05, 0) is 50.1 Å². The van der Waals surface area contributed by atoms with E-state index >= 15 is 0 Å². The summed E-state index contributed by atoms with van der Waals surface area (Å²) in [7, 11) is 0.